The summed E-state index contributed by atoms with van der Waals surface area (Å²) in [5.74, 6) is -0.945. The van der Waals surface area contributed by atoms with Gasteiger partial charge in [0.15, 0.2) is 0 Å². The van der Waals surface area contributed by atoms with Crippen LogP contribution in [0, 0.1) is 0 Å². The molecular weight excluding hydrogens is 398 g/mol. The van der Waals surface area contributed by atoms with E-state index in [9.17, 15) is 13.6 Å². The number of hydrogen-bond donors (Lipinski definition) is 0. The largest absolute Gasteiger partial charge is 0.497 e. The average molecular weight is 422 g/mol. The van der Waals surface area contributed by atoms with E-state index in [4.69, 9.17) is 9.47 Å². The highest BCUT2D eigenvalue weighted by Crippen LogP contribution is 2.27. The molecule has 1 aliphatic rings. The first kappa shape index (κ1) is 21.4. The van der Waals surface area contributed by atoms with E-state index >= 15 is 0 Å². The van der Waals surface area contributed by atoms with Crippen LogP contribution in [0.3, 0.4) is 0 Å². The van der Waals surface area contributed by atoms with Crippen LogP contribution >= 0.6 is 11.8 Å². The molecular formula is C21H24F2N2O3S. The first-order valence-corrected chi connectivity index (χ1v) is 10.2. The van der Waals surface area contributed by atoms with Gasteiger partial charge in [0.1, 0.15) is 11.5 Å². The van der Waals surface area contributed by atoms with Crippen LogP contribution in [0.5, 0.6) is 11.5 Å². The molecule has 0 spiro atoms. The number of carbonyl (C=O) groups excluding carboxylic acids is 1. The molecule has 0 aliphatic carbocycles. The quantitative estimate of drug-likeness (QED) is 0.632. The van der Waals surface area contributed by atoms with Crippen molar-refractivity contribution in [1.29, 1.82) is 0 Å². The summed E-state index contributed by atoms with van der Waals surface area (Å²) < 4.78 is 35.6. The second-order valence-corrected chi connectivity index (χ2v) is 7.71. The minimum absolute atomic E-state index is 0.0720. The number of rotatable bonds is 7. The molecule has 0 bridgehead atoms. The molecule has 29 heavy (non-hydrogen) atoms. The summed E-state index contributed by atoms with van der Waals surface area (Å²) in [4.78, 5) is 17.2. The van der Waals surface area contributed by atoms with Gasteiger partial charge in [-0.3, -0.25) is 9.69 Å². The first-order valence-electron chi connectivity index (χ1n) is 9.27. The molecule has 1 fully saturated rings. The maximum Gasteiger partial charge on any atom is 0.288 e. The Morgan fingerprint density at radius 2 is 1.72 bits per heavy atom. The standard InChI is InChI=1S/C21H24F2N2O3S/c1-27-17-5-8-19(28-2)16(13-17)14-24-9-11-25(12-10-24)20(26)15-3-6-18(7-4-15)29-21(22)23/h3-8,13,21H,9-12,14H2,1-2H3. The van der Waals surface area contributed by atoms with Crippen molar-refractivity contribution in [2.75, 3.05) is 40.4 Å². The SMILES string of the molecule is COc1ccc(OC)c(CN2CCN(C(=O)c3ccc(SC(F)F)cc3)CC2)c1. The normalized spacial score (nSPS) is 14.9. The van der Waals surface area contributed by atoms with E-state index in [1.54, 1.807) is 43.4 Å². The molecule has 1 amide bonds. The number of hydrogen-bond acceptors (Lipinski definition) is 5. The van der Waals surface area contributed by atoms with Gasteiger partial charge in [0, 0.05) is 48.7 Å². The number of ether oxygens (including phenoxy) is 2. The fourth-order valence-corrected chi connectivity index (χ4v) is 3.82. The zero-order valence-corrected chi connectivity index (χ0v) is 17.3. The molecule has 0 N–H and O–H groups in total. The summed E-state index contributed by atoms with van der Waals surface area (Å²) in [6, 6.07) is 12.1. The van der Waals surface area contributed by atoms with E-state index in [0.29, 0.717) is 41.9 Å². The molecule has 8 heteroatoms. The third-order valence-electron chi connectivity index (χ3n) is 4.87. The first-order chi connectivity index (χ1) is 14.0. The number of halogens is 2. The molecule has 0 saturated carbocycles. The topological polar surface area (TPSA) is 42.0 Å². The monoisotopic (exact) mass is 422 g/mol. The number of piperazine rings is 1. The van der Waals surface area contributed by atoms with Crippen molar-refractivity contribution < 1.29 is 23.0 Å². The molecule has 2 aromatic carbocycles. The van der Waals surface area contributed by atoms with Gasteiger partial charge in [-0.2, -0.15) is 8.78 Å². The Hall–Kier alpha value is -2.32. The summed E-state index contributed by atoms with van der Waals surface area (Å²) >= 11 is 0.477. The molecule has 5 nitrogen and oxygen atoms in total. The van der Waals surface area contributed by atoms with Gasteiger partial charge in [0.05, 0.1) is 14.2 Å². The molecule has 1 saturated heterocycles. The average Bonchev–Trinajstić information content (AvgIpc) is 2.74. The van der Waals surface area contributed by atoms with Crippen LogP contribution < -0.4 is 9.47 Å². The lowest BCUT2D eigenvalue weighted by Gasteiger charge is -2.35. The Labute approximate surface area is 173 Å². The number of carbonyl (C=O) groups is 1. The van der Waals surface area contributed by atoms with Gasteiger partial charge in [-0.15, -0.1) is 0 Å². The number of thioether (sulfide) groups is 1. The van der Waals surface area contributed by atoms with Crippen molar-refractivity contribution in [2.45, 2.75) is 17.2 Å². The van der Waals surface area contributed by atoms with Gasteiger partial charge in [-0.25, -0.2) is 0 Å². The van der Waals surface area contributed by atoms with E-state index in [2.05, 4.69) is 4.90 Å². The number of nitrogens with zero attached hydrogens (tertiary/aromatic N) is 2. The van der Waals surface area contributed by atoms with Crippen molar-refractivity contribution in [3.63, 3.8) is 0 Å². The van der Waals surface area contributed by atoms with Crippen LogP contribution in [0.25, 0.3) is 0 Å². The fourth-order valence-electron chi connectivity index (χ4n) is 3.32. The second kappa shape index (κ2) is 9.93. The van der Waals surface area contributed by atoms with Gasteiger partial charge in [-0.05, 0) is 42.5 Å². The van der Waals surface area contributed by atoms with E-state index in [-0.39, 0.29) is 5.91 Å². The number of alkyl halides is 2. The van der Waals surface area contributed by atoms with Crippen LogP contribution in [-0.4, -0.2) is 61.9 Å². The molecule has 156 valence electrons. The smallest absolute Gasteiger partial charge is 0.288 e. The molecule has 0 atom stereocenters. The van der Waals surface area contributed by atoms with Crippen molar-refractivity contribution in [1.82, 2.24) is 9.80 Å². The number of methoxy groups -OCH3 is 2. The zero-order valence-electron chi connectivity index (χ0n) is 16.4. The zero-order chi connectivity index (χ0) is 20.8. The summed E-state index contributed by atoms with van der Waals surface area (Å²) in [5, 5.41) is 0. The van der Waals surface area contributed by atoms with Crippen LogP contribution in [0.2, 0.25) is 0 Å². The van der Waals surface area contributed by atoms with E-state index in [1.807, 2.05) is 18.2 Å². The summed E-state index contributed by atoms with van der Waals surface area (Å²) in [6.45, 7) is 3.41. The van der Waals surface area contributed by atoms with Crippen molar-refractivity contribution in [3.05, 3.63) is 53.6 Å². The molecule has 1 heterocycles. The lowest BCUT2D eigenvalue weighted by Crippen LogP contribution is -2.48. The van der Waals surface area contributed by atoms with Crippen molar-refractivity contribution in [2.24, 2.45) is 0 Å². The van der Waals surface area contributed by atoms with Crippen LogP contribution in [0.1, 0.15) is 15.9 Å². The molecule has 0 radical (unpaired) electrons. The van der Waals surface area contributed by atoms with E-state index in [0.717, 1.165) is 30.2 Å². The van der Waals surface area contributed by atoms with Gasteiger partial charge in [0.25, 0.3) is 11.7 Å². The number of benzene rings is 2. The third kappa shape index (κ3) is 5.61. The maximum absolute atomic E-state index is 12.7. The van der Waals surface area contributed by atoms with Crippen LogP contribution in [0.15, 0.2) is 47.4 Å². The van der Waals surface area contributed by atoms with Crippen molar-refractivity contribution in [3.8, 4) is 11.5 Å². The Kier molecular flexibility index (Phi) is 7.33. The highest BCUT2D eigenvalue weighted by molar-refractivity contribution is 7.99. The maximum atomic E-state index is 12.7. The van der Waals surface area contributed by atoms with Crippen molar-refractivity contribution >= 4 is 17.7 Å². The minimum atomic E-state index is -2.46. The molecule has 0 unspecified atom stereocenters. The van der Waals surface area contributed by atoms with Crippen LogP contribution in [-0.2, 0) is 6.54 Å². The highest BCUT2D eigenvalue weighted by atomic mass is 32.2. The lowest BCUT2D eigenvalue weighted by molar-refractivity contribution is 0.0627. The predicted octanol–water partition coefficient (Wildman–Crippen LogP) is 3.98. The van der Waals surface area contributed by atoms with Gasteiger partial charge < -0.3 is 14.4 Å². The fraction of sp³-hybridized carbons (Fsp3) is 0.381. The van der Waals surface area contributed by atoms with Gasteiger partial charge in [0.2, 0.25) is 0 Å². The Morgan fingerprint density at radius 1 is 1.03 bits per heavy atom. The Bertz CT molecular complexity index is 825. The predicted molar refractivity (Wildman–Crippen MR) is 109 cm³/mol. The Balaban J connectivity index is 1.57. The van der Waals surface area contributed by atoms with Crippen LogP contribution in [0.4, 0.5) is 8.78 Å². The van der Waals surface area contributed by atoms with E-state index in [1.165, 1.54) is 0 Å². The second-order valence-electron chi connectivity index (χ2n) is 6.65. The lowest BCUT2D eigenvalue weighted by atomic mass is 10.1. The van der Waals surface area contributed by atoms with E-state index < -0.39 is 5.76 Å². The highest BCUT2D eigenvalue weighted by Gasteiger charge is 2.23. The van der Waals surface area contributed by atoms with Gasteiger partial charge in [-0.1, -0.05) is 11.8 Å². The van der Waals surface area contributed by atoms with Gasteiger partial charge >= 0.3 is 0 Å². The summed E-state index contributed by atoms with van der Waals surface area (Å²) in [5.41, 5.74) is 1.56. The third-order valence-corrected chi connectivity index (χ3v) is 5.59. The Morgan fingerprint density at radius 3 is 2.31 bits per heavy atom. The number of amides is 1. The minimum Gasteiger partial charge on any atom is -0.497 e. The molecule has 2 aromatic rings. The molecule has 0 aromatic heterocycles. The molecule has 3 rings (SSSR count). The summed E-state index contributed by atoms with van der Waals surface area (Å²) in [6.07, 6.45) is 0. The summed E-state index contributed by atoms with van der Waals surface area (Å²) in [7, 11) is 3.28. The molecule has 1 aliphatic heterocycles.